The topological polar surface area (TPSA) is 46.0 Å². The number of benzene rings is 1. The average molecular weight is 293 g/mol. The fourth-order valence-corrected chi connectivity index (χ4v) is 2.81. The van der Waals surface area contributed by atoms with E-state index >= 15 is 0 Å². The van der Waals surface area contributed by atoms with Crippen LogP contribution in [0.1, 0.15) is 12.0 Å². The Kier molecular flexibility index (Phi) is 3.18. The van der Waals surface area contributed by atoms with E-state index < -0.39 is 0 Å². The van der Waals surface area contributed by atoms with Crippen LogP contribution in [0.3, 0.4) is 0 Å². The number of imidazole rings is 1. The average Bonchev–Trinajstić information content (AvgIpc) is 2.84. The van der Waals surface area contributed by atoms with Gasteiger partial charge in [-0.25, -0.2) is 4.98 Å². The summed E-state index contributed by atoms with van der Waals surface area (Å²) in [7, 11) is 1.91. The van der Waals surface area contributed by atoms with Crippen molar-refractivity contribution in [2.45, 2.75) is 13.0 Å². The van der Waals surface area contributed by atoms with Gasteiger partial charge in [0.1, 0.15) is 0 Å². The van der Waals surface area contributed by atoms with Crippen LogP contribution in [0.4, 0.5) is 11.6 Å². The molecule has 5 nitrogen and oxygen atoms in total. The molecule has 0 aliphatic carbocycles. The molecule has 0 bridgehead atoms. The van der Waals surface area contributed by atoms with E-state index in [1.807, 2.05) is 19.3 Å². The number of aromatic nitrogens is 3. The lowest BCUT2D eigenvalue weighted by molar-refractivity contribution is 0.585. The number of fused-ring (bicyclic) bond motifs is 1. The van der Waals surface area contributed by atoms with Crippen molar-refractivity contribution < 1.29 is 0 Å². The first kappa shape index (κ1) is 13.1. The zero-order valence-electron chi connectivity index (χ0n) is 12.7. The monoisotopic (exact) mass is 293 g/mol. The number of rotatable bonds is 4. The highest BCUT2D eigenvalue weighted by Gasteiger charge is 2.22. The third-order valence-electron chi connectivity index (χ3n) is 4.20. The molecule has 0 atom stereocenters. The van der Waals surface area contributed by atoms with E-state index in [0.717, 1.165) is 42.4 Å². The normalized spacial score (nSPS) is 14.1. The molecule has 22 heavy (non-hydrogen) atoms. The van der Waals surface area contributed by atoms with E-state index in [0.29, 0.717) is 0 Å². The molecular weight excluding hydrogens is 274 g/mol. The molecule has 1 fully saturated rings. The van der Waals surface area contributed by atoms with E-state index in [-0.39, 0.29) is 0 Å². The van der Waals surface area contributed by atoms with Crippen molar-refractivity contribution in [2.24, 2.45) is 0 Å². The van der Waals surface area contributed by atoms with Gasteiger partial charge in [0.05, 0.1) is 23.9 Å². The highest BCUT2D eigenvalue weighted by molar-refractivity contribution is 5.78. The highest BCUT2D eigenvalue weighted by atomic mass is 15.3. The van der Waals surface area contributed by atoms with E-state index in [9.17, 15) is 0 Å². The largest absolute Gasteiger partial charge is 0.387 e. The van der Waals surface area contributed by atoms with Gasteiger partial charge in [0.2, 0.25) is 5.95 Å². The van der Waals surface area contributed by atoms with Crippen LogP contribution in [0.5, 0.6) is 0 Å². The molecule has 5 heteroatoms. The first-order valence-electron chi connectivity index (χ1n) is 7.68. The van der Waals surface area contributed by atoms with Crippen molar-refractivity contribution in [3.63, 3.8) is 0 Å². The van der Waals surface area contributed by atoms with Gasteiger partial charge in [-0.15, -0.1) is 0 Å². The maximum Gasteiger partial charge on any atom is 0.208 e. The predicted molar refractivity (Wildman–Crippen MR) is 89.4 cm³/mol. The smallest absolute Gasteiger partial charge is 0.208 e. The predicted octanol–water partition coefficient (Wildman–Crippen LogP) is 2.73. The van der Waals surface area contributed by atoms with Gasteiger partial charge in [-0.05, 0) is 18.1 Å². The van der Waals surface area contributed by atoms with E-state index in [1.165, 1.54) is 12.0 Å². The zero-order chi connectivity index (χ0) is 14.9. The van der Waals surface area contributed by atoms with Crippen molar-refractivity contribution in [2.75, 3.05) is 30.4 Å². The van der Waals surface area contributed by atoms with Gasteiger partial charge in [-0.1, -0.05) is 30.3 Å². The summed E-state index contributed by atoms with van der Waals surface area (Å²) in [5.41, 5.74) is 4.18. The maximum atomic E-state index is 4.76. The summed E-state index contributed by atoms with van der Waals surface area (Å²) in [6.45, 7) is 2.98. The Morgan fingerprint density at radius 2 is 2.00 bits per heavy atom. The summed E-state index contributed by atoms with van der Waals surface area (Å²) in [5, 5.41) is 3.16. The lowest BCUT2D eigenvalue weighted by atomic mass is 10.2. The van der Waals surface area contributed by atoms with Crippen molar-refractivity contribution in [1.29, 1.82) is 0 Å². The van der Waals surface area contributed by atoms with Crippen molar-refractivity contribution in [3.05, 3.63) is 48.2 Å². The number of hydrogen-bond acceptors (Lipinski definition) is 4. The summed E-state index contributed by atoms with van der Waals surface area (Å²) < 4.78 is 2.28. The number of anilines is 2. The van der Waals surface area contributed by atoms with Gasteiger partial charge in [-0.3, -0.25) is 0 Å². The highest BCUT2D eigenvalue weighted by Crippen LogP contribution is 2.27. The minimum absolute atomic E-state index is 0.817. The van der Waals surface area contributed by atoms with Crippen LogP contribution in [0.2, 0.25) is 0 Å². The van der Waals surface area contributed by atoms with Gasteiger partial charge in [0, 0.05) is 20.1 Å². The second kappa shape index (κ2) is 5.33. The molecule has 0 spiro atoms. The molecule has 2 aromatic heterocycles. The van der Waals surface area contributed by atoms with Gasteiger partial charge in [-0.2, -0.15) is 4.98 Å². The molecule has 4 rings (SSSR count). The summed E-state index contributed by atoms with van der Waals surface area (Å²) in [4.78, 5) is 11.6. The fourth-order valence-electron chi connectivity index (χ4n) is 2.81. The number of hydrogen-bond donors (Lipinski definition) is 1. The second-order valence-corrected chi connectivity index (χ2v) is 5.64. The Labute approximate surface area is 129 Å². The molecule has 112 valence electrons. The van der Waals surface area contributed by atoms with Crippen LogP contribution in [0.15, 0.2) is 42.6 Å². The van der Waals surface area contributed by atoms with Crippen molar-refractivity contribution >= 4 is 22.8 Å². The molecule has 3 heterocycles. The summed E-state index contributed by atoms with van der Waals surface area (Å²) in [6, 6.07) is 12.6. The van der Waals surface area contributed by atoms with E-state index in [1.54, 1.807) is 0 Å². The molecule has 1 aliphatic rings. The van der Waals surface area contributed by atoms with Gasteiger partial charge in [0.15, 0.2) is 5.65 Å². The first-order valence-corrected chi connectivity index (χ1v) is 7.68. The zero-order valence-corrected chi connectivity index (χ0v) is 12.7. The van der Waals surface area contributed by atoms with E-state index in [2.05, 4.69) is 50.1 Å². The fraction of sp³-hybridized carbons (Fsp3) is 0.294. The van der Waals surface area contributed by atoms with Crippen LogP contribution >= 0.6 is 0 Å². The first-order chi connectivity index (χ1) is 10.8. The van der Waals surface area contributed by atoms with Crippen LogP contribution < -0.4 is 10.2 Å². The molecule has 0 saturated carbocycles. The molecule has 0 amide bonds. The van der Waals surface area contributed by atoms with Gasteiger partial charge >= 0.3 is 0 Å². The van der Waals surface area contributed by atoms with Crippen LogP contribution in [0.25, 0.3) is 11.2 Å². The lowest BCUT2D eigenvalue weighted by Crippen LogP contribution is -2.39. The lowest BCUT2D eigenvalue weighted by Gasteiger charge is -2.32. The van der Waals surface area contributed by atoms with Crippen molar-refractivity contribution in [1.82, 2.24) is 14.5 Å². The summed E-state index contributed by atoms with van der Waals surface area (Å²) in [6.07, 6.45) is 3.08. The Bertz CT molecular complexity index is 789. The van der Waals surface area contributed by atoms with Crippen LogP contribution in [0, 0.1) is 0 Å². The number of nitrogens with zero attached hydrogens (tertiary/aromatic N) is 4. The van der Waals surface area contributed by atoms with Crippen molar-refractivity contribution in [3.8, 4) is 0 Å². The second-order valence-electron chi connectivity index (χ2n) is 5.64. The summed E-state index contributed by atoms with van der Waals surface area (Å²) >= 11 is 0. The molecule has 3 aromatic rings. The van der Waals surface area contributed by atoms with E-state index in [4.69, 9.17) is 4.98 Å². The molecule has 1 aliphatic heterocycles. The van der Waals surface area contributed by atoms with Gasteiger partial charge in [0.25, 0.3) is 0 Å². The maximum absolute atomic E-state index is 4.76. The van der Waals surface area contributed by atoms with Crippen LogP contribution in [-0.2, 0) is 6.54 Å². The summed E-state index contributed by atoms with van der Waals surface area (Å²) in [5.74, 6) is 1.03. The molecule has 1 aromatic carbocycles. The molecule has 0 radical (unpaired) electrons. The third kappa shape index (κ3) is 2.19. The molecule has 1 N–H and O–H groups in total. The SMILES string of the molecule is CNc1cnc2nc(N3CCC3)n(Cc3ccccc3)c2c1. The molecular formula is C17H19N5. The minimum atomic E-state index is 0.817. The van der Waals surface area contributed by atoms with Gasteiger partial charge < -0.3 is 14.8 Å². The number of nitrogens with one attached hydrogen (secondary N) is 1. The Hall–Kier alpha value is -2.56. The number of pyridine rings is 1. The molecule has 0 unspecified atom stereocenters. The Morgan fingerprint density at radius 3 is 2.68 bits per heavy atom. The quantitative estimate of drug-likeness (QED) is 0.803. The third-order valence-corrected chi connectivity index (χ3v) is 4.20. The standard InChI is InChI=1S/C17H19N5/c1-18-14-10-15-16(19-11-14)20-17(21-8-5-9-21)22(15)12-13-6-3-2-4-7-13/h2-4,6-7,10-11,18H,5,8-9,12H2,1H3. The van der Waals surface area contributed by atoms with Crippen LogP contribution in [-0.4, -0.2) is 34.7 Å². The minimum Gasteiger partial charge on any atom is -0.387 e. The Balaban J connectivity index is 1.84. The molecule has 1 saturated heterocycles. The Morgan fingerprint density at radius 1 is 1.18 bits per heavy atom.